The Balaban J connectivity index is 0.000000444. The molecule has 7 nitrogen and oxygen atoms in total. The van der Waals surface area contributed by atoms with Crippen LogP contribution in [0.15, 0.2) is 72.8 Å². The lowest BCUT2D eigenvalue weighted by Gasteiger charge is -2.40. The van der Waals surface area contributed by atoms with Crippen LogP contribution in [0.3, 0.4) is 0 Å². The van der Waals surface area contributed by atoms with E-state index in [1.54, 1.807) is 18.2 Å². The highest BCUT2D eigenvalue weighted by atomic mass is 35.5. The molecule has 1 aliphatic heterocycles. The van der Waals surface area contributed by atoms with Gasteiger partial charge in [0.2, 0.25) is 0 Å². The van der Waals surface area contributed by atoms with E-state index >= 15 is 0 Å². The van der Waals surface area contributed by atoms with Crippen LogP contribution in [0, 0.1) is 22.7 Å². The lowest BCUT2D eigenvalue weighted by Crippen LogP contribution is -2.48. The van der Waals surface area contributed by atoms with Crippen molar-refractivity contribution in [3.63, 3.8) is 0 Å². The van der Waals surface area contributed by atoms with Crippen LogP contribution >= 0.6 is 11.6 Å². The summed E-state index contributed by atoms with van der Waals surface area (Å²) in [6, 6.07) is 26.4. The van der Waals surface area contributed by atoms with E-state index in [9.17, 15) is 10.4 Å². The van der Waals surface area contributed by atoms with Gasteiger partial charge >= 0.3 is 0 Å². The first-order valence-corrected chi connectivity index (χ1v) is 12.1. The predicted octanol–water partition coefficient (Wildman–Crippen LogP) is 4.00. The number of nitriles is 2. The second-order valence-electron chi connectivity index (χ2n) is 8.11. The van der Waals surface area contributed by atoms with Gasteiger partial charge < -0.3 is 19.8 Å². The Labute approximate surface area is 217 Å². The van der Waals surface area contributed by atoms with Crippen molar-refractivity contribution in [2.24, 2.45) is 0 Å². The van der Waals surface area contributed by atoms with E-state index in [-0.39, 0.29) is 25.9 Å². The number of aliphatic hydroxyl groups is 2. The Hall–Kier alpha value is -3.59. The number of hydrogen-bond donors (Lipinski definition) is 2. The van der Waals surface area contributed by atoms with E-state index in [1.165, 1.54) is 0 Å². The first kappa shape index (κ1) is 27.0. The van der Waals surface area contributed by atoms with Crippen LogP contribution in [-0.2, 0) is 0 Å². The summed E-state index contributed by atoms with van der Waals surface area (Å²) in [5, 5.41) is 38.1. The second kappa shape index (κ2) is 14.1. The van der Waals surface area contributed by atoms with Gasteiger partial charge in [0.25, 0.3) is 0 Å². The number of anilines is 1. The van der Waals surface area contributed by atoms with Crippen molar-refractivity contribution in [2.75, 3.05) is 50.9 Å². The van der Waals surface area contributed by atoms with Crippen LogP contribution in [0.2, 0.25) is 5.02 Å². The first-order chi connectivity index (χ1) is 17.6. The highest BCUT2D eigenvalue weighted by Gasteiger charge is 2.25. The van der Waals surface area contributed by atoms with Gasteiger partial charge in [-0.3, -0.25) is 4.90 Å². The number of benzene rings is 3. The zero-order chi connectivity index (χ0) is 25.8. The van der Waals surface area contributed by atoms with Crippen LogP contribution in [0.4, 0.5) is 5.69 Å². The summed E-state index contributed by atoms with van der Waals surface area (Å²) in [6.07, 6.45) is 0. The van der Waals surface area contributed by atoms with Crippen LogP contribution in [0.1, 0.15) is 22.7 Å². The van der Waals surface area contributed by atoms with Crippen molar-refractivity contribution < 1.29 is 14.9 Å². The van der Waals surface area contributed by atoms with E-state index in [0.29, 0.717) is 16.9 Å². The molecule has 0 saturated carbocycles. The minimum atomic E-state index is -0.116. The molecule has 0 spiro atoms. The molecule has 0 amide bonds. The minimum absolute atomic E-state index is 0.00619. The summed E-state index contributed by atoms with van der Waals surface area (Å²) in [5.41, 5.74) is 3.00. The SMILES string of the molecule is Clc1ccccc1.N#Cc1ccc(C(CO)N2CCN(c3ccc(OCCO)cc3C#N)CC2)cc1. The molecule has 1 atom stereocenters. The number of piperazine rings is 1. The monoisotopic (exact) mass is 504 g/mol. The number of ether oxygens (including phenoxy) is 1. The molecular weight excluding hydrogens is 476 g/mol. The van der Waals surface area contributed by atoms with Crippen molar-refractivity contribution in [2.45, 2.75) is 6.04 Å². The number of hydrogen-bond acceptors (Lipinski definition) is 7. The van der Waals surface area contributed by atoms with Gasteiger partial charge in [-0.2, -0.15) is 10.5 Å². The molecule has 8 heteroatoms. The van der Waals surface area contributed by atoms with Crippen LogP contribution in [0.25, 0.3) is 0 Å². The molecule has 3 aromatic rings. The Bertz CT molecular complexity index is 1170. The summed E-state index contributed by atoms with van der Waals surface area (Å²) < 4.78 is 5.39. The van der Waals surface area contributed by atoms with Gasteiger partial charge in [0.05, 0.1) is 42.1 Å². The molecule has 4 rings (SSSR count). The van der Waals surface area contributed by atoms with E-state index in [1.807, 2.05) is 54.6 Å². The first-order valence-electron chi connectivity index (χ1n) is 11.7. The number of halogens is 1. The maximum absolute atomic E-state index is 9.93. The van der Waals surface area contributed by atoms with E-state index < -0.39 is 0 Å². The Morgan fingerprint density at radius 2 is 1.58 bits per heavy atom. The standard InChI is InChI=1S/C22H24N4O3.C6H5Cl/c23-14-17-1-3-18(4-2-17)22(16-28)26-9-7-25(8-10-26)21-6-5-20(29-12-11-27)13-19(21)15-24;7-6-4-2-1-3-5-6/h1-6,13,22,27-28H,7-12,16H2;1-5H. The average Bonchev–Trinajstić information content (AvgIpc) is 2.94. The van der Waals surface area contributed by atoms with Crippen LogP contribution < -0.4 is 9.64 Å². The van der Waals surface area contributed by atoms with Crippen LogP contribution in [-0.4, -0.2) is 61.1 Å². The van der Waals surface area contributed by atoms with Crippen LogP contribution in [0.5, 0.6) is 5.75 Å². The molecule has 2 N–H and O–H groups in total. The third-order valence-corrected chi connectivity index (χ3v) is 6.13. The van der Waals surface area contributed by atoms with Gasteiger partial charge in [0.15, 0.2) is 0 Å². The van der Waals surface area contributed by atoms with Gasteiger partial charge in [-0.15, -0.1) is 0 Å². The molecule has 186 valence electrons. The fourth-order valence-electron chi connectivity index (χ4n) is 4.03. The topological polar surface area (TPSA) is 104 Å². The zero-order valence-corrected chi connectivity index (χ0v) is 20.7. The van der Waals surface area contributed by atoms with E-state index in [4.69, 9.17) is 26.7 Å². The third kappa shape index (κ3) is 7.45. The molecule has 1 heterocycles. The summed E-state index contributed by atoms with van der Waals surface area (Å²) in [6.45, 7) is 3.10. The molecule has 1 fully saturated rings. The predicted molar refractivity (Wildman–Crippen MR) is 140 cm³/mol. The molecule has 0 bridgehead atoms. The smallest absolute Gasteiger partial charge is 0.120 e. The second-order valence-corrected chi connectivity index (χ2v) is 8.55. The highest BCUT2D eigenvalue weighted by molar-refractivity contribution is 6.30. The minimum Gasteiger partial charge on any atom is -0.491 e. The maximum Gasteiger partial charge on any atom is 0.120 e. The van der Waals surface area contributed by atoms with Gasteiger partial charge in [0.1, 0.15) is 18.4 Å². The Morgan fingerprint density at radius 1 is 0.889 bits per heavy atom. The lowest BCUT2D eigenvalue weighted by molar-refractivity contribution is 0.117. The molecule has 1 unspecified atom stereocenters. The molecule has 1 aliphatic rings. The number of aliphatic hydroxyl groups excluding tert-OH is 2. The quantitative estimate of drug-likeness (QED) is 0.501. The molecule has 0 radical (unpaired) electrons. The number of rotatable bonds is 7. The highest BCUT2D eigenvalue weighted by Crippen LogP contribution is 2.28. The zero-order valence-electron chi connectivity index (χ0n) is 19.9. The fourth-order valence-corrected chi connectivity index (χ4v) is 4.18. The summed E-state index contributed by atoms with van der Waals surface area (Å²) >= 11 is 5.54. The largest absolute Gasteiger partial charge is 0.491 e. The van der Waals surface area contributed by atoms with Crippen molar-refractivity contribution >= 4 is 17.3 Å². The van der Waals surface area contributed by atoms with Gasteiger partial charge in [-0.25, -0.2) is 0 Å². The molecule has 0 aromatic heterocycles. The van der Waals surface area contributed by atoms with E-state index in [2.05, 4.69) is 21.9 Å². The van der Waals surface area contributed by atoms with E-state index in [0.717, 1.165) is 42.5 Å². The molecule has 1 saturated heterocycles. The molecule has 36 heavy (non-hydrogen) atoms. The Morgan fingerprint density at radius 3 is 2.11 bits per heavy atom. The summed E-state index contributed by atoms with van der Waals surface area (Å²) in [4.78, 5) is 4.39. The molecule has 0 aliphatic carbocycles. The lowest BCUT2D eigenvalue weighted by atomic mass is 10.0. The Kier molecular flexibility index (Phi) is 10.6. The summed E-state index contributed by atoms with van der Waals surface area (Å²) in [5.74, 6) is 0.569. The van der Waals surface area contributed by atoms with Gasteiger partial charge in [-0.1, -0.05) is 41.9 Å². The van der Waals surface area contributed by atoms with Crippen molar-refractivity contribution in [3.8, 4) is 17.9 Å². The molecule has 3 aromatic carbocycles. The maximum atomic E-state index is 9.93. The number of nitrogens with zero attached hydrogens (tertiary/aromatic N) is 4. The van der Waals surface area contributed by atoms with Crippen molar-refractivity contribution in [3.05, 3.63) is 94.5 Å². The summed E-state index contributed by atoms with van der Waals surface area (Å²) in [7, 11) is 0. The van der Waals surface area contributed by atoms with Crippen molar-refractivity contribution in [1.82, 2.24) is 4.90 Å². The third-order valence-electron chi connectivity index (χ3n) is 5.87. The normalized spacial score (nSPS) is 14.1. The van der Waals surface area contributed by atoms with Gasteiger partial charge in [-0.05, 0) is 48.0 Å². The molecular formula is C28H29ClN4O3. The van der Waals surface area contributed by atoms with Crippen molar-refractivity contribution in [1.29, 1.82) is 10.5 Å². The average molecular weight is 505 g/mol. The fraction of sp³-hybridized carbons (Fsp3) is 0.286. The van der Waals surface area contributed by atoms with Gasteiger partial charge in [0, 0.05) is 31.2 Å².